The molecular weight excluding hydrogens is 650 g/mol. The summed E-state index contributed by atoms with van der Waals surface area (Å²) in [5.41, 5.74) is 6.87. The van der Waals surface area contributed by atoms with Crippen LogP contribution >= 0.6 is 57.7 Å². The van der Waals surface area contributed by atoms with Gasteiger partial charge in [-0.15, -0.1) is 11.3 Å². The number of aromatic nitrogens is 1. The van der Waals surface area contributed by atoms with Gasteiger partial charge in [-0.1, -0.05) is 64.6 Å². The fourth-order valence-electron chi connectivity index (χ4n) is 3.89. The standard InChI is InChI=1S/C31H22Cl4N4O3S/c1-41-28-13-18(12-26(35)29(28)42-16-21-6-7-23(33)14-25(21)34)15-36-39-30(40)20-4-2-19(3-5-20)27-17-43-31(38-27)37-24-10-8-22(32)9-11-24/h2-15,17H,16H2,1H3,(H,37,38)(H,39,40)/b36-15-. The molecule has 12 heteroatoms. The maximum atomic E-state index is 12.7. The van der Waals surface area contributed by atoms with Crippen LogP contribution in [-0.2, 0) is 6.61 Å². The zero-order valence-electron chi connectivity index (χ0n) is 22.4. The van der Waals surface area contributed by atoms with E-state index < -0.39 is 0 Å². The Labute approximate surface area is 272 Å². The fraction of sp³-hybridized carbons (Fsp3) is 0.0645. The first-order chi connectivity index (χ1) is 20.8. The summed E-state index contributed by atoms with van der Waals surface area (Å²) in [7, 11) is 1.50. The molecule has 2 N–H and O–H groups in total. The molecule has 0 bridgehead atoms. The van der Waals surface area contributed by atoms with Gasteiger partial charge in [-0.25, -0.2) is 10.4 Å². The molecule has 0 saturated heterocycles. The van der Waals surface area contributed by atoms with E-state index in [9.17, 15) is 4.79 Å². The monoisotopic (exact) mass is 670 g/mol. The molecular formula is C31H22Cl4N4O3S. The molecule has 0 saturated carbocycles. The molecule has 0 fully saturated rings. The Hall–Kier alpha value is -3.79. The van der Waals surface area contributed by atoms with E-state index in [0.29, 0.717) is 42.7 Å². The van der Waals surface area contributed by atoms with Gasteiger partial charge in [-0.2, -0.15) is 5.10 Å². The smallest absolute Gasteiger partial charge is 0.271 e. The second kappa shape index (κ2) is 14.1. The van der Waals surface area contributed by atoms with Crippen molar-refractivity contribution >= 4 is 80.7 Å². The van der Waals surface area contributed by atoms with Crippen LogP contribution in [0.15, 0.2) is 89.3 Å². The molecule has 0 spiro atoms. The second-order valence-corrected chi connectivity index (χ2v) is 11.6. The number of thiazole rings is 1. The number of hydrazone groups is 1. The number of carbonyl (C=O) groups is 1. The van der Waals surface area contributed by atoms with Gasteiger partial charge in [0.05, 0.1) is 24.0 Å². The fourth-order valence-corrected chi connectivity index (χ4v) is 5.49. The number of rotatable bonds is 10. The van der Waals surface area contributed by atoms with Crippen LogP contribution in [0.4, 0.5) is 10.8 Å². The van der Waals surface area contributed by atoms with Crippen molar-refractivity contribution in [3.05, 3.63) is 121 Å². The number of hydrogen-bond acceptors (Lipinski definition) is 7. The van der Waals surface area contributed by atoms with Crippen LogP contribution < -0.4 is 20.2 Å². The summed E-state index contributed by atoms with van der Waals surface area (Å²) in [6.45, 7) is 0.165. The summed E-state index contributed by atoms with van der Waals surface area (Å²) in [5.74, 6) is 0.378. The van der Waals surface area contributed by atoms with E-state index in [-0.39, 0.29) is 12.5 Å². The summed E-state index contributed by atoms with van der Waals surface area (Å²) in [6, 6.07) is 23.0. The zero-order valence-corrected chi connectivity index (χ0v) is 26.2. The minimum absolute atomic E-state index is 0.165. The highest BCUT2D eigenvalue weighted by Gasteiger charge is 2.14. The van der Waals surface area contributed by atoms with E-state index in [1.54, 1.807) is 42.5 Å². The van der Waals surface area contributed by atoms with E-state index in [1.165, 1.54) is 24.7 Å². The van der Waals surface area contributed by atoms with Crippen LogP contribution in [0.2, 0.25) is 20.1 Å². The molecule has 1 aromatic heterocycles. The highest BCUT2D eigenvalue weighted by molar-refractivity contribution is 7.14. The summed E-state index contributed by atoms with van der Waals surface area (Å²) < 4.78 is 11.3. The number of nitrogens with one attached hydrogen (secondary N) is 2. The first-order valence-corrected chi connectivity index (χ1v) is 15.0. The van der Waals surface area contributed by atoms with Gasteiger partial charge < -0.3 is 14.8 Å². The highest BCUT2D eigenvalue weighted by Crippen LogP contribution is 2.37. The SMILES string of the molecule is COc1cc(/C=N\NC(=O)c2ccc(-c3csc(Nc4ccc(Cl)cc4)n3)cc2)cc(Cl)c1OCc1ccc(Cl)cc1Cl. The number of ether oxygens (including phenoxy) is 2. The largest absolute Gasteiger partial charge is 0.493 e. The van der Waals surface area contributed by atoms with Crippen molar-refractivity contribution in [3.63, 3.8) is 0 Å². The lowest BCUT2D eigenvalue weighted by molar-refractivity contribution is 0.0955. The molecule has 5 aromatic rings. The predicted octanol–water partition coefficient (Wildman–Crippen LogP) is 9.52. The van der Waals surface area contributed by atoms with Gasteiger partial charge in [-0.05, 0) is 66.2 Å². The Bertz CT molecular complexity index is 1780. The molecule has 7 nitrogen and oxygen atoms in total. The number of anilines is 2. The Morgan fingerprint density at radius 2 is 1.67 bits per heavy atom. The quantitative estimate of drug-likeness (QED) is 0.114. The van der Waals surface area contributed by atoms with Gasteiger partial charge in [0.1, 0.15) is 6.61 Å². The summed E-state index contributed by atoms with van der Waals surface area (Å²) >= 11 is 26.1. The maximum absolute atomic E-state index is 12.7. The first-order valence-electron chi connectivity index (χ1n) is 12.7. The van der Waals surface area contributed by atoms with Crippen molar-refractivity contribution < 1.29 is 14.3 Å². The Balaban J connectivity index is 1.19. The topological polar surface area (TPSA) is 84.8 Å². The number of carbonyl (C=O) groups excluding carboxylic acids is 1. The van der Waals surface area contributed by atoms with Crippen molar-refractivity contribution in [3.8, 4) is 22.8 Å². The van der Waals surface area contributed by atoms with Crippen molar-refractivity contribution in [2.45, 2.75) is 6.61 Å². The number of amides is 1. The van der Waals surface area contributed by atoms with Gasteiger partial charge in [0.15, 0.2) is 16.6 Å². The molecule has 0 aliphatic heterocycles. The number of halogens is 4. The van der Waals surface area contributed by atoms with Crippen molar-refractivity contribution in [2.75, 3.05) is 12.4 Å². The molecule has 5 rings (SSSR count). The summed E-state index contributed by atoms with van der Waals surface area (Å²) in [5, 5.41) is 12.0. The zero-order chi connectivity index (χ0) is 30.3. The molecule has 218 valence electrons. The van der Waals surface area contributed by atoms with E-state index in [2.05, 4.69) is 20.8 Å². The number of hydrogen-bond donors (Lipinski definition) is 2. The molecule has 0 unspecified atom stereocenters. The van der Waals surface area contributed by atoms with Crippen molar-refractivity contribution in [1.82, 2.24) is 10.4 Å². The predicted molar refractivity (Wildman–Crippen MR) is 176 cm³/mol. The number of nitrogens with zero attached hydrogens (tertiary/aromatic N) is 2. The maximum Gasteiger partial charge on any atom is 0.271 e. The third kappa shape index (κ3) is 7.98. The van der Waals surface area contributed by atoms with Crippen LogP contribution in [0, 0.1) is 0 Å². The van der Waals surface area contributed by atoms with Crippen LogP contribution in [0.1, 0.15) is 21.5 Å². The lowest BCUT2D eigenvalue weighted by Crippen LogP contribution is -2.17. The van der Waals surface area contributed by atoms with Crippen LogP contribution in [0.5, 0.6) is 11.5 Å². The molecule has 1 amide bonds. The Kier molecular flexibility index (Phi) is 10.1. The molecule has 1 heterocycles. The Morgan fingerprint density at radius 1 is 0.930 bits per heavy atom. The van der Waals surface area contributed by atoms with Gasteiger partial charge in [0.25, 0.3) is 5.91 Å². The lowest BCUT2D eigenvalue weighted by atomic mass is 10.1. The van der Waals surface area contributed by atoms with E-state index in [0.717, 1.165) is 27.6 Å². The van der Waals surface area contributed by atoms with Gasteiger partial charge >= 0.3 is 0 Å². The number of methoxy groups -OCH3 is 1. The molecule has 0 atom stereocenters. The normalized spacial score (nSPS) is 11.0. The third-order valence-corrected chi connectivity index (χ3v) is 7.94. The molecule has 0 aliphatic carbocycles. The van der Waals surface area contributed by atoms with Gasteiger partial charge in [0, 0.05) is 42.8 Å². The van der Waals surface area contributed by atoms with Crippen LogP contribution in [0.25, 0.3) is 11.3 Å². The minimum Gasteiger partial charge on any atom is -0.493 e. The lowest BCUT2D eigenvalue weighted by Gasteiger charge is -2.14. The van der Waals surface area contributed by atoms with Gasteiger partial charge in [-0.3, -0.25) is 4.79 Å². The average molecular weight is 672 g/mol. The number of benzene rings is 4. The van der Waals surface area contributed by atoms with E-state index >= 15 is 0 Å². The molecule has 43 heavy (non-hydrogen) atoms. The van der Waals surface area contributed by atoms with Crippen LogP contribution in [-0.4, -0.2) is 24.2 Å². The van der Waals surface area contributed by atoms with Gasteiger partial charge in [0.2, 0.25) is 0 Å². The highest BCUT2D eigenvalue weighted by atomic mass is 35.5. The molecule has 0 radical (unpaired) electrons. The van der Waals surface area contributed by atoms with Crippen LogP contribution in [0.3, 0.4) is 0 Å². The third-order valence-electron chi connectivity index (χ3n) is 6.06. The minimum atomic E-state index is -0.371. The van der Waals surface area contributed by atoms with Crippen molar-refractivity contribution in [1.29, 1.82) is 0 Å². The molecule has 4 aromatic carbocycles. The van der Waals surface area contributed by atoms with Crippen molar-refractivity contribution in [2.24, 2.45) is 5.10 Å². The van der Waals surface area contributed by atoms with E-state index in [4.69, 9.17) is 55.9 Å². The first kappa shape index (κ1) is 30.7. The molecule has 0 aliphatic rings. The van der Waals surface area contributed by atoms with E-state index in [1.807, 2.05) is 41.8 Å². The average Bonchev–Trinajstić information content (AvgIpc) is 3.47. The summed E-state index contributed by atoms with van der Waals surface area (Å²) in [6.07, 6.45) is 1.46. The second-order valence-electron chi connectivity index (χ2n) is 9.00. The summed E-state index contributed by atoms with van der Waals surface area (Å²) in [4.78, 5) is 17.3. The Morgan fingerprint density at radius 3 is 2.40 bits per heavy atom.